The third kappa shape index (κ3) is 5.20. The van der Waals surface area contributed by atoms with Crippen molar-refractivity contribution >= 4 is 43.8 Å². The molecule has 1 aromatic heterocycles. The number of benzene rings is 4. The predicted molar refractivity (Wildman–Crippen MR) is 157 cm³/mol. The van der Waals surface area contributed by atoms with Crippen molar-refractivity contribution in [1.82, 2.24) is 9.66 Å². The van der Waals surface area contributed by atoms with Gasteiger partial charge in [0.25, 0.3) is 5.56 Å². The number of ether oxygens (including phenoxy) is 2. The average Bonchev–Trinajstić information content (AvgIpc) is 2.95. The van der Waals surface area contributed by atoms with Gasteiger partial charge in [0.2, 0.25) is 0 Å². The number of hydrogen-bond acceptors (Lipinski definition) is 5. The molecule has 4 aromatic carbocycles. The van der Waals surface area contributed by atoms with Gasteiger partial charge in [-0.3, -0.25) is 4.79 Å². The number of halogens is 1. The highest BCUT2D eigenvalue weighted by Gasteiger charge is 2.16. The second-order valence-corrected chi connectivity index (χ2v) is 10.1. The maximum atomic E-state index is 13.4. The van der Waals surface area contributed by atoms with Gasteiger partial charge in [-0.1, -0.05) is 72.2 Å². The standard InChI is InChI=1S/C31H28BrN3O3/c1-4-20(2)30-34-27-14-13-24(32)17-26(27)31(36)35(30)33-18-21-12-15-28(29(16-21)37-3)38-19-23-10-7-9-22-8-5-6-11-25(22)23/h5-18,20H,4,19H2,1-3H3/t20-/m1/s1. The van der Waals surface area contributed by atoms with Crippen LogP contribution in [0.3, 0.4) is 0 Å². The summed E-state index contributed by atoms with van der Waals surface area (Å²) in [5, 5.41) is 7.41. The smallest absolute Gasteiger partial charge is 0.282 e. The van der Waals surface area contributed by atoms with Crippen molar-refractivity contribution in [2.75, 3.05) is 7.11 Å². The Morgan fingerprint density at radius 3 is 2.63 bits per heavy atom. The minimum atomic E-state index is -0.204. The van der Waals surface area contributed by atoms with Crippen molar-refractivity contribution in [1.29, 1.82) is 0 Å². The summed E-state index contributed by atoms with van der Waals surface area (Å²) in [4.78, 5) is 18.1. The lowest BCUT2D eigenvalue weighted by Gasteiger charge is -2.14. The first-order valence-corrected chi connectivity index (χ1v) is 13.3. The molecule has 192 valence electrons. The number of fused-ring (bicyclic) bond motifs is 2. The first kappa shape index (κ1) is 25.7. The van der Waals surface area contributed by atoms with Gasteiger partial charge >= 0.3 is 0 Å². The lowest BCUT2D eigenvalue weighted by molar-refractivity contribution is 0.285. The fraction of sp³-hybridized carbons (Fsp3) is 0.194. The van der Waals surface area contributed by atoms with E-state index in [9.17, 15) is 4.79 Å². The van der Waals surface area contributed by atoms with Crippen LogP contribution in [0.4, 0.5) is 0 Å². The molecular weight excluding hydrogens is 542 g/mol. The Bertz CT molecular complexity index is 1710. The summed E-state index contributed by atoms with van der Waals surface area (Å²) in [7, 11) is 1.61. The third-order valence-corrected chi connectivity index (χ3v) is 7.15. The van der Waals surface area contributed by atoms with Gasteiger partial charge in [-0.2, -0.15) is 9.78 Å². The number of hydrogen-bond donors (Lipinski definition) is 0. The van der Waals surface area contributed by atoms with Crippen molar-refractivity contribution in [3.05, 3.63) is 111 Å². The molecule has 0 aliphatic rings. The van der Waals surface area contributed by atoms with Crippen molar-refractivity contribution in [2.24, 2.45) is 5.10 Å². The molecule has 0 spiro atoms. The van der Waals surface area contributed by atoms with Gasteiger partial charge in [0, 0.05) is 10.4 Å². The molecule has 0 saturated carbocycles. The number of rotatable bonds is 8. The number of nitrogens with zero attached hydrogens (tertiary/aromatic N) is 3. The molecule has 5 rings (SSSR count). The first-order valence-electron chi connectivity index (χ1n) is 12.5. The van der Waals surface area contributed by atoms with E-state index >= 15 is 0 Å². The van der Waals surface area contributed by atoms with Gasteiger partial charge in [-0.15, -0.1) is 0 Å². The van der Waals surface area contributed by atoms with Gasteiger partial charge in [0.1, 0.15) is 12.4 Å². The summed E-state index contributed by atoms with van der Waals surface area (Å²) in [6.45, 7) is 4.53. The summed E-state index contributed by atoms with van der Waals surface area (Å²) < 4.78 is 14.0. The van der Waals surface area contributed by atoms with E-state index in [1.807, 2.05) is 55.5 Å². The van der Waals surface area contributed by atoms with Crippen molar-refractivity contribution in [3.8, 4) is 11.5 Å². The van der Waals surface area contributed by atoms with E-state index in [-0.39, 0.29) is 11.5 Å². The Morgan fingerprint density at radius 1 is 1.00 bits per heavy atom. The van der Waals surface area contributed by atoms with E-state index in [2.05, 4.69) is 52.2 Å². The summed E-state index contributed by atoms with van der Waals surface area (Å²) in [5.74, 6) is 1.91. The lowest BCUT2D eigenvalue weighted by Crippen LogP contribution is -2.23. The van der Waals surface area contributed by atoms with Crippen molar-refractivity contribution in [3.63, 3.8) is 0 Å². The maximum Gasteiger partial charge on any atom is 0.282 e. The van der Waals surface area contributed by atoms with Crippen LogP contribution in [0, 0.1) is 0 Å². The summed E-state index contributed by atoms with van der Waals surface area (Å²) in [6, 6.07) is 25.6. The maximum absolute atomic E-state index is 13.4. The molecule has 1 heterocycles. The number of methoxy groups -OCH3 is 1. The molecule has 6 nitrogen and oxygen atoms in total. The molecule has 0 bridgehead atoms. The van der Waals surface area contributed by atoms with Crippen LogP contribution in [0.15, 0.2) is 93.2 Å². The van der Waals surface area contributed by atoms with Crippen LogP contribution >= 0.6 is 15.9 Å². The Balaban J connectivity index is 1.44. The normalized spacial score (nSPS) is 12.3. The Labute approximate surface area is 229 Å². The molecule has 0 unspecified atom stereocenters. The van der Waals surface area contributed by atoms with Crippen LogP contribution in [0.5, 0.6) is 11.5 Å². The van der Waals surface area contributed by atoms with Gasteiger partial charge in [0.15, 0.2) is 11.5 Å². The molecule has 0 aliphatic heterocycles. The molecule has 0 amide bonds. The molecule has 0 radical (unpaired) electrons. The topological polar surface area (TPSA) is 65.7 Å². The predicted octanol–water partition coefficient (Wildman–Crippen LogP) is 7.30. The van der Waals surface area contributed by atoms with Crippen LogP contribution in [-0.4, -0.2) is 23.0 Å². The zero-order valence-corrected chi connectivity index (χ0v) is 23.1. The van der Waals surface area contributed by atoms with Crippen LogP contribution < -0.4 is 15.0 Å². The highest BCUT2D eigenvalue weighted by Crippen LogP contribution is 2.29. The zero-order valence-electron chi connectivity index (χ0n) is 21.5. The SMILES string of the molecule is CC[C@@H](C)c1nc2ccc(Br)cc2c(=O)n1N=Cc1ccc(OCc2cccc3ccccc23)c(OC)c1. The second kappa shape index (κ2) is 11.2. The summed E-state index contributed by atoms with van der Waals surface area (Å²) in [5.41, 5.74) is 2.33. The second-order valence-electron chi connectivity index (χ2n) is 9.14. The fourth-order valence-electron chi connectivity index (χ4n) is 4.36. The summed E-state index contributed by atoms with van der Waals surface area (Å²) in [6.07, 6.45) is 2.48. The summed E-state index contributed by atoms with van der Waals surface area (Å²) >= 11 is 3.45. The van der Waals surface area contributed by atoms with Gasteiger partial charge in [-0.25, -0.2) is 4.98 Å². The van der Waals surface area contributed by atoms with E-state index in [0.29, 0.717) is 34.8 Å². The van der Waals surface area contributed by atoms with Gasteiger partial charge in [-0.05, 0) is 64.7 Å². The van der Waals surface area contributed by atoms with E-state index in [4.69, 9.17) is 14.5 Å². The van der Waals surface area contributed by atoms with Crippen LogP contribution in [0.1, 0.15) is 43.1 Å². The Hall–Kier alpha value is -3.97. The average molecular weight is 570 g/mol. The van der Waals surface area contributed by atoms with Crippen LogP contribution in [-0.2, 0) is 6.61 Å². The molecule has 0 fully saturated rings. The Kier molecular flexibility index (Phi) is 7.56. The highest BCUT2D eigenvalue weighted by molar-refractivity contribution is 9.10. The van der Waals surface area contributed by atoms with E-state index in [1.54, 1.807) is 19.4 Å². The fourth-order valence-corrected chi connectivity index (χ4v) is 4.72. The highest BCUT2D eigenvalue weighted by atomic mass is 79.9. The molecule has 5 aromatic rings. The molecule has 38 heavy (non-hydrogen) atoms. The monoisotopic (exact) mass is 569 g/mol. The largest absolute Gasteiger partial charge is 0.493 e. The zero-order chi connectivity index (χ0) is 26.6. The molecule has 7 heteroatoms. The lowest BCUT2D eigenvalue weighted by atomic mass is 10.1. The van der Waals surface area contributed by atoms with Crippen LogP contribution in [0.2, 0.25) is 0 Å². The van der Waals surface area contributed by atoms with Crippen molar-refractivity contribution < 1.29 is 9.47 Å². The number of aromatic nitrogens is 2. The first-order chi connectivity index (χ1) is 18.5. The molecular formula is C31H28BrN3O3. The molecule has 0 saturated heterocycles. The quantitative estimate of drug-likeness (QED) is 0.184. The third-order valence-electron chi connectivity index (χ3n) is 6.66. The minimum Gasteiger partial charge on any atom is -0.493 e. The molecule has 0 N–H and O–H groups in total. The van der Waals surface area contributed by atoms with E-state index in [0.717, 1.165) is 27.4 Å². The molecule has 1 atom stereocenters. The minimum absolute atomic E-state index is 0.0623. The van der Waals surface area contributed by atoms with Crippen LogP contribution in [0.25, 0.3) is 21.7 Å². The van der Waals surface area contributed by atoms with Gasteiger partial charge in [0.05, 0.1) is 24.2 Å². The molecule has 0 aliphatic carbocycles. The van der Waals surface area contributed by atoms with Gasteiger partial charge < -0.3 is 9.47 Å². The van der Waals surface area contributed by atoms with E-state index < -0.39 is 0 Å². The Morgan fingerprint density at radius 2 is 1.82 bits per heavy atom. The van der Waals surface area contributed by atoms with E-state index in [1.165, 1.54) is 10.1 Å². The van der Waals surface area contributed by atoms with Crippen molar-refractivity contribution in [2.45, 2.75) is 32.8 Å².